The van der Waals surface area contributed by atoms with E-state index in [2.05, 4.69) is 6.92 Å². The third-order valence-corrected chi connectivity index (χ3v) is 2.31. The zero-order valence-corrected chi connectivity index (χ0v) is 7.88. The molecule has 1 aliphatic rings. The summed E-state index contributed by atoms with van der Waals surface area (Å²) in [7, 11) is 0. The molecule has 0 aromatic heterocycles. The van der Waals surface area contributed by atoms with Gasteiger partial charge in [0.15, 0.2) is 0 Å². The molecule has 0 N–H and O–H groups in total. The molecule has 1 fully saturated rings. The molecule has 1 saturated heterocycles. The molecule has 1 aliphatic heterocycles. The van der Waals surface area contributed by atoms with Crippen LogP contribution in [0.4, 0.5) is 4.79 Å². The van der Waals surface area contributed by atoms with Crippen LogP contribution in [0.1, 0.15) is 33.1 Å². The third kappa shape index (κ3) is 2.13. The maximum Gasteiger partial charge on any atom is 0.409 e. The number of hydrogen-bond acceptors (Lipinski definition) is 2. The minimum atomic E-state index is -0.148. The van der Waals surface area contributed by atoms with E-state index in [1.54, 1.807) is 0 Å². The summed E-state index contributed by atoms with van der Waals surface area (Å²) in [4.78, 5) is 13.1. The summed E-state index contributed by atoms with van der Waals surface area (Å²) in [6.45, 7) is 5.25. The molecule has 0 aromatic rings. The van der Waals surface area contributed by atoms with Gasteiger partial charge in [0, 0.05) is 12.6 Å². The fourth-order valence-electron chi connectivity index (χ4n) is 1.58. The fourth-order valence-corrected chi connectivity index (χ4v) is 1.58. The van der Waals surface area contributed by atoms with Crippen molar-refractivity contribution in [1.82, 2.24) is 4.90 Å². The molecule has 1 heterocycles. The Labute approximate surface area is 73.7 Å². The third-order valence-electron chi connectivity index (χ3n) is 2.31. The number of likely N-dealkylation sites (tertiary alicyclic amines) is 1. The zero-order chi connectivity index (χ0) is 8.97. The number of ether oxygens (including phenoxy) is 1. The highest BCUT2D eigenvalue weighted by molar-refractivity contribution is 5.68. The van der Waals surface area contributed by atoms with Crippen LogP contribution in [-0.4, -0.2) is 30.2 Å². The first kappa shape index (κ1) is 9.36. The second-order valence-electron chi connectivity index (χ2n) is 3.24. The molecule has 70 valence electrons. The van der Waals surface area contributed by atoms with Gasteiger partial charge in [-0.3, -0.25) is 0 Å². The molecule has 0 aromatic carbocycles. The van der Waals surface area contributed by atoms with E-state index >= 15 is 0 Å². The number of amides is 1. The largest absolute Gasteiger partial charge is 0.450 e. The van der Waals surface area contributed by atoms with Crippen molar-refractivity contribution in [2.75, 3.05) is 13.2 Å². The highest BCUT2D eigenvalue weighted by atomic mass is 16.6. The summed E-state index contributed by atoms with van der Waals surface area (Å²) >= 11 is 0. The van der Waals surface area contributed by atoms with Gasteiger partial charge in [-0.2, -0.15) is 0 Å². The SMILES string of the molecule is CCOC(=O)N1CCCCC1C. The van der Waals surface area contributed by atoms with E-state index in [4.69, 9.17) is 4.74 Å². The van der Waals surface area contributed by atoms with E-state index in [9.17, 15) is 4.79 Å². The summed E-state index contributed by atoms with van der Waals surface area (Å²) in [5.41, 5.74) is 0. The van der Waals surface area contributed by atoms with Crippen LogP contribution in [-0.2, 0) is 4.74 Å². The minimum Gasteiger partial charge on any atom is -0.450 e. The number of nitrogens with zero attached hydrogens (tertiary/aromatic N) is 1. The lowest BCUT2D eigenvalue weighted by atomic mass is 10.0. The van der Waals surface area contributed by atoms with Gasteiger partial charge < -0.3 is 9.64 Å². The summed E-state index contributed by atoms with van der Waals surface area (Å²) in [5.74, 6) is 0. The molecule has 1 atom stereocenters. The molecule has 12 heavy (non-hydrogen) atoms. The Morgan fingerprint density at radius 1 is 1.58 bits per heavy atom. The molecule has 1 amide bonds. The number of piperidine rings is 1. The first-order valence-corrected chi connectivity index (χ1v) is 4.69. The van der Waals surface area contributed by atoms with Crippen molar-refractivity contribution in [3.63, 3.8) is 0 Å². The normalized spacial score (nSPS) is 23.8. The minimum absolute atomic E-state index is 0.148. The molecule has 0 bridgehead atoms. The smallest absolute Gasteiger partial charge is 0.409 e. The molecule has 0 saturated carbocycles. The van der Waals surface area contributed by atoms with Crippen LogP contribution < -0.4 is 0 Å². The topological polar surface area (TPSA) is 29.5 Å². The predicted molar refractivity (Wildman–Crippen MR) is 47.0 cm³/mol. The Bertz CT molecular complexity index is 159. The second-order valence-corrected chi connectivity index (χ2v) is 3.24. The molecule has 1 unspecified atom stereocenters. The number of hydrogen-bond donors (Lipinski definition) is 0. The van der Waals surface area contributed by atoms with Crippen molar-refractivity contribution in [3.05, 3.63) is 0 Å². The van der Waals surface area contributed by atoms with Crippen molar-refractivity contribution in [3.8, 4) is 0 Å². The summed E-state index contributed by atoms with van der Waals surface area (Å²) in [6.07, 6.45) is 3.31. The summed E-state index contributed by atoms with van der Waals surface area (Å²) < 4.78 is 4.94. The Morgan fingerprint density at radius 3 is 2.92 bits per heavy atom. The van der Waals surface area contributed by atoms with Gasteiger partial charge in [0.05, 0.1) is 6.61 Å². The highest BCUT2D eigenvalue weighted by Gasteiger charge is 2.23. The lowest BCUT2D eigenvalue weighted by Crippen LogP contribution is -2.42. The van der Waals surface area contributed by atoms with Gasteiger partial charge in [0.1, 0.15) is 0 Å². The molecule has 0 radical (unpaired) electrons. The quantitative estimate of drug-likeness (QED) is 0.604. The van der Waals surface area contributed by atoms with Crippen molar-refractivity contribution in [2.24, 2.45) is 0 Å². The zero-order valence-electron chi connectivity index (χ0n) is 7.88. The van der Waals surface area contributed by atoms with Gasteiger partial charge in [-0.05, 0) is 33.1 Å². The number of rotatable bonds is 1. The fraction of sp³-hybridized carbons (Fsp3) is 0.889. The van der Waals surface area contributed by atoms with Crippen molar-refractivity contribution >= 4 is 6.09 Å². The maximum absolute atomic E-state index is 11.3. The van der Waals surface area contributed by atoms with Crippen molar-refractivity contribution < 1.29 is 9.53 Å². The molecule has 1 rings (SSSR count). The maximum atomic E-state index is 11.3. The lowest BCUT2D eigenvalue weighted by Gasteiger charge is -2.32. The Balaban J connectivity index is 2.42. The van der Waals surface area contributed by atoms with Crippen molar-refractivity contribution in [1.29, 1.82) is 0 Å². The van der Waals surface area contributed by atoms with E-state index in [1.807, 2.05) is 11.8 Å². The van der Waals surface area contributed by atoms with E-state index in [1.165, 1.54) is 6.42 Å². The van der Waals surface area contributed by atoms with Gasteiger partial charge in [-0.1, -0.05) is 0 Å². The van der Waals surface area contributed by atoms with E-state index < -0.39 is 0 Å². The predicted octanol–water partition coefficient (Wildman–Crippen LogP) is 2.02. The van der Waals surface area contributed by atoms with Crippen LogP contribution in [0.5, 0.6) is 0 Å². The van der Waals surface area contributed by atoms with E-state index in [-0.39, 0.29) is 6.09 Å². The van der Waals surface area contributed by atoms with Crippen LogP contribution in [0, 0.1) is 0 Å². The molecular weight excluding hydrogens is 154 g/mol. The van der Waals surface area contributed by atoms with Crippen LogP contribution in [0.15, 0.2) is 0 Å². The summed E-state index contributed by atoms with van der Waals surface area (Å²) in [5, 5.41) is 0. The molecule has 0 aliphatic carbocycles. The second kappa shape index (κ2) is 4.33. The van der Waals surface area contributed by atoms with Gasteiger partial charge in [-0.15, -0.1) is 0 Å². The van der Waals surface area contributed by atoms with Crippen LogP contribution in [0.2, 0.25) is 0 Å². The Hall–Kier alpha value is -0.730. The standard InChI is InChI=1S/C9H17NO2/c1-3-12-9(11)10-7-5-4-6-8(10)2/h8H,3-7H2,1-2H3. The van der Waals surface area contributed by atoms with Crippen LogP contribution in [0.3, 0.4) is 0 Å². The Morgan fingerprint density at radius 2 is 2.33 bits per heavy atom. The summed E-state index contributed by atoms with van der Waals surface area (Å²) in [6, 6.07) is 0.359. The lowest BCUT2D eigenvalue weighted by molar-refractivity contribution is 0.0812. The van der Waals surface area contributed by atoms with E-state index in [0.29, 0.717) is 12.6 Å². The molecular formula is C9H17NO2. The number of carbonyl (C=O) groups is 1. The Kier molecular flexibility index (Phi) is 3.38. The highest BCUT2D eigenvalue weighted by Crippen LogP contribution is 2.16. The van der Waals surface area contributed by atoms with Gasteiger partial charge in [-0.25, -0.2) is 4.79 Å². The van der Waals surface area contributed by atoms with Crippen LogP contribution in [0.25, 0.3) is 0 Å². The van der Waals surface area contributed by atoms with Gasteiger partial charge >= 0.3 is 6.09 Å². The average Bonchev–Trinajstić information content (AvgIpc) is 2.05. The first-order valence-electron chi connectivity index (χ1n) is 4.69. The van der Waals surface area contributed by atoms with E-state index in [0.717, 1.165) is 19.4 Å². The average molecular weight is 171 g/mol. The number of carbonyl (C=O) groups excluding carboxylic acids is 1. The van der Waals surface area contributed by atoms with Gasteiger partial charge in [0.25, 0.3) is 0 Å². The van der Waals surface area contributed by atoms with Gasteiger partial charge in [0.2, 0.25) is 0 Å². The van der Waals surface area contributed by atoms with Crippen LogP contribution >= 0.6 is 0 Å². The molecule has 3 heteroatoms. The molecule has 0 spiro atoms. The first-order chi connectivity index (χ1) is 5.75. The molecule has 3 nitrogen and oxygen atoms in total. The van der Waals surface area contributed by atoms with Crippen molar-refractivity contribution in [2.45, 2.75) is 39.2 Å². The monoisotopic (exact) mass is 171 g/mol.